The molecule has 6 nitrogen and oxygen atoms in total. The van der Waals surface area contributed by atoms with Gasteiger partial charge in [-0.1, -0.05) is 36.4 Å². The molecule has 1 aromatic carbocycles. The van der Waals surface area contributed by atoms with Crippen molar-refractivity contribution in [2.24, 2.45) is 11.1 Å². The minimum absolute atomic E-state index is 0.149. The van der Waals surface area contributed by atoms with E-state index < -0.39 is 0 Å². The van der Waals surface area contributed by atoms with Gasteiger partial charge in [-0.2, -0.15) is 0 Å². The van der Waals surface area contributed by atoms with Crippen molar-refractivity contribution in [2.75, 3.05) is 26.2 Å². The molecule has 33 heavy (non-hydrogen) atoms. The summed E-state index contributed by atoms with van der Waals surface area (Å²) in [6.45, 7) is 3.96. The third-order valence-corrected chi connectivity index (χ3v) is 7.04. The van der Waals surface area contributed by atoms with E-state index in [-0.39, 0.29) is 11.3 Å². The van der Waals surface area contributed by atoms with Crippen molar-refractivity contribution >= 4 is 16.7 Å². The van der Waals surface area contributed by atoms with Crippen LogP contribution in [0.2, 0.25) is 0 Å². The van der Waals surface area contributed by atoms with Crippen molar-refractivity contribution < 1.29 is 4.79 Å². The highest BCUT2D eigenvalue weighted by Gasteiger charge is 2.38. The first-order chi connectivity index (χ1) is 16.2. The maximum atomic E-state index is 12.4. The van der Waals surface area contributed by atoms with Gasteiger partial charge in [0.15, 0.2) is 0 Å². The van der Waals surface area contributed by atoms with E-state index in [2.05, 4.69) is 52.5 Å². The number of nitrogens with two attached hydrogens (primary N) is 1. The third-order valence-electron chi connectivity index (χ3n) is 7.04. The van der Waals surface area contributed by atoms with E-state index in [1.165, 1.54) is 5.39 Å². The Labute approximate surface area is 195 Å². The Morgan fingerprint density at radius 3 is 2.73 bits per heavy atom. The van der Waals surface area contributed by atoms with Crippen molar-refractivity contribution in [3.63, 3.8) is 0 Å². The summed E-state index contributed by atoms with van der Waals surface area (Å²) in [7, 11) is 0. The number of carbonyl (C=O) groups excluding carboxylic acids is 1. The van der Waals surface area contributed by atoms with E-state index in [0.29, 0.717) is 13.0 Å². The number of hydrogen-bond donors (Lipinski definition) is 1. The molecule has 1 saturated heterocycles. The molecule has 4 heterocycles. The third kappa shape index (κ3) is 4.48. The topological polar surface area (TPSA) is 75.4 Å². The van der Waals surface area contributed by atoms with Gasteiger partial charge in [0, 0.05) is 66.6 Å². The van der Waals surface area contributed by atoms with Gasteiger partial charge in [0.25, 0.3) is 0 Å². The van der Waals surface area contributed by atoms with Gasteiger partial charge in [0.2, 0.25) is 5.91 Å². The average molecular weight is 442 g/mol. The minimum atomic E-state index is 0.149. The van der Waals surface area contributed by atoms with Gasteiger partial charge in [-0.3, -0.25) is 14.8 Å². The molecular weight excluding hydrogens is 410 g/mol. The number of rotatable bonds is 6. The van der Waals surface area contributed by atoms with Crippen LogP contribution < -0.4 is 5.73 Å². The molecule has 1 fully saturated rings. The molecule has 2 aliphatic heterocycles. The smallest absolute Gasteiger partial charge is 0.222 e. The van der Waals surface area contributed by atoms with Crippen LogP contribution in [0.3, 0.4) is 0 Å². The maximum absolute atomic E-state index is 12.4. The normalized spacial score (nSPS) is 17.2. The number of nitrogens with zero attached hydrogens (tertiary/aromatic N) is 4. The number of benzene rings is 1. The van der Waals surface area contributed by atoms with Crippen molar-refractivity contribution in [3.8, 4) is 11.1 Å². The molecule has 0 bridgehead atoms. The summed E-state index contributed by atoms with van der Waals surface area (Å²) in [5, 5.41) is 2.35. The number of carbonyl (C=O) groups is 1. The second-order valence-corrected chi connectivity index (χ2v) is 9.26. The molecule has 2 aliphatic rings. The first-order valence-corrected chi connectivity index (χ1v) is 11.9. The van der Waals surface area contributed by atoms with E-state index in [1.54, 1.807) is 0 Å². The number of aromatic nitrogens is 2. The minimum Gasteiger partial charge on any atom is -0.371 e. The number of piperidine rings is 1. The fourth-order valence-electron chi connectivity index (χ4n) is 5.17. The lowest BCUT2D eigenvalue weighted by Gasteiger charge is -2.39. The molecule has 6 heteroatoms. The zero-order valence-electron chi connectivity index (χ0n) is 19.0. The second-order valence-electron chi connectivity index (χ2n) is 9.26. The molecule has 0 unspecified atom stereocenters. The Hall–Kier alpha value is -3.25. The monoisotopic (exact) mass is 441 g/mol. The molecule has 0 atom stereocenters. The predicted molar refractivity (Wildman–Crippen MR) is 131 cm³/mol. The van der Waals surface area contributed by atoms with Crippen LogP contribution in [0.15, 0.2) is 67.3 Å². The largest absolute Gasteiger partial charge is 0.371 e. The summed E-state index contributed by atoms with van der Waals surface area (Å²) in [6, 6.07) is 12.5. The Balaban J connectivity index is 1.32. The van der Waals surface area contributed by atoms with E-state index >= 15 is 0 Å². The van der Waals surface area contributed by atoms with Gasteiger partial charge in [-0.25, -0.2) is 0 Å². The van der Waals surface area contributed by atoms with Crippen molar-refractivity contribution in [1.29, 1.82) is 0 Å². The SMILES string of the molecule is NCCCC(=O)N1CCC2(C=CN(Cc3ncc4ccccc4c3-c3cccnc3)C2)CC1. The molecule has 0 saturated carbocycles. The molecule has 1 spiro atoms. The number of hydrogen-bond acceptors (Lipinski definition) is 5. The molecule has 170 valence electrons. The van der Waals surface area contributed by atoms with Crippen LogP contribution >= 0.6 is 0 Å². The van der Waals surface area contributed by atoms with Crippen LogP contribution in [0.1, 0.15) is 31.4 Å². The maximum Gasteiger partial charge on any atom is 0.222 e. The molecule has 5 rings (SSSR count). The molecule has 1 amide bonds. The number of likely N-dealkylation sites (tertiary alicyclic amines) is 1. The lowest BCUT2D eigenvalue weighted by atomic mass is 9.79. The number of pyridine rings is 2. The fraction of sp³-hybridized carbons (Fsp3) is 0.370. The summed E-state index contributed by atoms with van der Waals surface area (Å²) in [6.07, 6.45) is 13.7. The lowest BCUT2D eigenvalue weighted by molar-refractivity contribution is -0.133. The van der Waals surface area contributed by atoms with Gasteiger partial charge in [0.05, 0.1) is 12.2 Å². The highest BCUT2D eigenvalue weighted by atomic mass is 16.2. The van der Waals surface area contributed by atoms with Crippen molar-refractivity contribution in [1.82, 2.24) is 19.8 Å². The van der Waals surface area contributed by atoms with E-state index in [4.69, 9.17) is 10.7 Å². The summed E-state index contributed by atoms with van der Waals surface area (Å²) in [4.78, 5) is 26.0. The highest BCUT2D eigenvalue weighted by molar-refractivity contribution is 5.97. The van der Waals surface area contributed by atoms with Crippen LogP contribution in [0, 0.1) is 5.41 Å². The highest BCUT2D eigenvalue weighted by Crippen LogP contribution is 2.39. The van der Waals surface area contributed by atoms with Gasteiger partial charge >= 0.3 is 0 Å². The molecule has 0 radical (unpaired) electrons. The van der Waals surface area contributed by atoms with Gasteiger partial charge < -0.3 is 15.5 Å². The van der Waals surface area contributed by atoms with E-state index in [1.807, 2.05) is 29.6 Å². The molecular formula is C27H31N5O. The van der Waals surface area contributed by atoms with Crippen LogP contribution in [-0.4, -0.2) is 51.9 Å². The summed E-state index contributed by atoms with van der Waals surface area (Å²) in [5.41, 5.74) is 9.04. The van der Waals surface area contributed by atoms with Crippen molar-refractivity contribution in [2.45, 2.75) is 32.2 Å². The summed E-state index contributed by atoms with van der Waals surface area (Å²) in [5.74, 6) is 0.246. The average Bonchev–Trinajstić information content (AvgIpc) is 3.25. The Morgan fingerprint density at radius 1 is 1.09 bits per heavy atom. The second kappa shape index (κ2) is 9.32. The van der Waals surface area contributed by atoms with Crippen molar-refractivity contribution in [3.05, 3.63) is 73.0 Å². The molecule has 0 aliphatic carbocycles. The summed E-state index contributed by atoms with van der Waals surface area (Å²) >= 11 is 0. The Morgan fingerprint density at radius 2 is 1.94 bits per heavy atom. The van der Waals surface area contributed by atoms with Crippen LogP contribution in [-0.2, 0) is 11.3 Å². The van der Waals surface area contributed by atoms with Crippen LogP contribution in [0.5, 0.6) is 0 Å². The zero-order chi connectivity index (χ0) is 22.7. The van der Waals surface area contributed by atoms with Crippen LogP contribution in [0.4, 0.5) is 0 Å². The van der Waals surface area contributed by atoms with Gasteiger partial charge in [-0.15, -0.1) is 0 Å². The summed E-state index contributed by atoms with van der Waals surface area (Å²) < 4.78 is 0. The molecule has 2 N–H and O–H groups in total. The fourth-order valence-corrected chi connectivity index (χ4v) is 5.17. The Kier molecular flexibility index (Phi) is 6.09. The van der Waals surface area contributed by atoms with Gasteiger partial charge in [0.1, 0.15) is 0 Å². The predicted octanol–water partition coefficient (Wildman–Crippen LogP) is 3.97. The first kappa shape index (κ1) is 21.6. The van der Waals surface area contributed by atoms with E-state index in [9.17, 15) is 4.79 Å². The number of fused-ring (bicyclic) bond motifs is 1. The quantitative estimate of drug-likeness (QED) is 0.626. The van der Waals surface area contributed by atoms with Crippen LogP contribution in [0.25, 0.3) is 21.9 Å². The molecule has 2 aromatic heterocycles. The Bertz CT molecular complexity index is 1150. The van der Waals surface area contributed by atoms with Gasteiger partial charge in [-0.05, 0) is 43.5 Å². The molecule has 3 aromatic rings. The lowest BCUT2D eigenvalue weighted by Crippen LogP contribution is -2.44. The zero-order valence-corrected chi connectivity index (χ0v) is 19.0. The standard InChI is InChI=1S/C27H31N5O/c28-12-3-8-25(33)32-15-10-27(11-16-32)9-14-31(20-27)19-24-26(22-6-4-13-29-17-22)23-7-2-1-5-21(23)18-30-24/h1-2,4-7,9,13-14,17-18H,3,8,10-12,15-16,19-20,28H2. The number of amides is 1. The first-order valence-electron chi connectivity index (χ1n) is 11.9. The van der Waals surface area contributed by atoms with E-state index in [0.717, 1.165) is 67.6 Å².